The fourth-order valence-electron chi connectivity index (χ4n) is 2.36. The van der Waals surface area contributed by atoms with E-state index in [9.17, 15) is 8.42 Å². The van der Waals surface area contributed by atoms with Gasteiger partial charge in [-0.05, 0) is 36.3 Å². The number of hydrogen-bond donors (Lipinski definition) is 2. The van der Waals surface area contributed by atoms with Crippen LogP contribution < -0.4 is 10.0 Å². The zero-order valence-electron chi connectivity index (χ0n) is 10.6. The molecule has 1 unspecified atom stereocenters. The van der Waals surface area contributed by atoms with E-state index >= 15 is 0 Å². The second kappa shape index (κ2) is 6.14. The lowest BCUT2D eigenvalue weighted by molar-refractivity contribution is 0.474. The number of nitrogens with one attached hydrogen (secondary N) is 2. The van der Waals surface area contributed by atoms with Crippen LogP contribution in [-0.4, -0.2) is 27.3 Å². The SMILES string of the molecule is CCNS(=O)(=O)CCNC1CCCc2sccc21. The van der Waals surface area contributed by atoms with E-state index in [-0.39, 0.29) is 5.75 Å². The molecule has 6 heteroatoms. The Kier molecular flexibility index (Phi) is 4.77. The van der Waals surface area contributed by atoms with Crippen molar-refractivity contribution in [1.82, 2.24) is 10.0 Å². The predicted octanol–water partition coefficient (Wildman–Crippen LogP) is 1.65. The second-order valence-corrected chi connectivity index (χ2v) is 7.44. The number of fused-ring (bicyclic) bond motifs is 1. The fraction of sp³-hybridized carbons (Fsp3) is 0.667. The number of hydrogen-bond acceptors (Lipinski definition) is 4. The molecule has 2 rings (SSSR count). The van der Waals surface area contributed by atoms with Gasteiger partial charge in [-0.3, -0.25) is 0 Å². The first-order chi connectivity index (χ1) is 8.62. The Morgan fingerprint density at radius 2 is 2.33 bits per heavy atom. The normalized spacial score (nSPS) is 19.7. The first-order valence-corrected chi connectivity index (χ1v) is 8.92. The molecule has 0 saturated carbocycles. The lowest BCUT2D eigenvalue weighted by Crippen LogP contribution is -2.34. The molecule has 102 valence electrons. The van der Waals surface area contributed by atoms with Gasteiger partial charge in [0.2, 0.25) is 10.0 Å². The van der Waals surface area contributed by atoms with Crippen molar-refractivity contribution in [3.05, 3.63) is 21.9 Å². The van der Waals surface area contributed by atoms with Crippen LogP contribution in [0.2, 0.25) is 0 Å². The van der Waals surface area contributed by atoms with Gasteiger partial charge in [0.1, 0.15) is 0 Å². The molecule has 0 radical (unpaired) electrons. The number of sulfonamides is 1. The van der Waals surface area contributed by atoms with Crippen molar-refractivity contribution in [2.45, 2.75) is 32.2 Å². The lowest BCUT2D eigenvalue weighted by atomic mass is 9.94. The number of rotatable bonds is 6. The maximum Gasteiger partial charge on any atom is 0.212 e. The van der Waals surface area contributed by atoms with Crippen LogP contribution in [0.3, 0.4) is 0 Å². The monoisotopic (exact) mass is 288 g/mol. The molecule has 1 aromatic rings. The first kappa shape index (κ1) is 14.0. The van der Waals surface area contributed by atoms with Crippen LogP contribution >= 0.6 is 11.3 Å². The van der Waals surface area contributed by atoms with Crippen molar-refractivity contribution in [3.8, 4) is 0 Å². The molecule has 1 aliphatic carbocycles. The van der Waals surface area contributed by atoms with E-state index in [0.717, 1.165) is 6.42 Å². The summed E-state index contributed by atoms with van der Waals surface area (Å²) in [7, 11) is -3.11. The summed E-state index contributed by atoms with van der Waals surface area (Å²) in [6, 6.07) is 2.49. The maximum atomic E-state index is 11.5. The van der Waals surface area contributed by atoms with Crippen molar-refractivity contribution >= 4 is 21.4 Å². The summed E-state index contributed by atoms with van der Waals surface area (Å²) in [5, 5.41) is 5.49. The minimum atomic E-state index is -3.11. The molecule has 1 atom stereocenters. The van der Waals surface area contributed by atoms with E-state index < -0.39 is 10.0 Å². The van der Waals surface area contributed by atoms with E-state index in [1.807, 2.05) is 0 Å². The van der Waals surface area contributed by atoms with Gasteiger partial charge in [-0.2, -0.15) is 0 Å². The van der Waals surface area contributed by atoms with Crippen LogP contribution in [0.4, 0.5) is 0 Å². The van der Waals surface area contributed by atoms with Gasteiger partial charge in [-0.1, -0.05) is 6.92 Å². The summed E-state index contributed by atoms with van der Waals surface area (Å²) in [5.74, 6) is 0.150. The van der Waals surface area contributed by atoms with Crippen LogP contribution in [0.25, 0.3) is 0 Å². The highest BCUT2D eigenvalue weighted by Gasteiger charge is 2.21. The van der Waals surface area contributed by atoms with Crippen LogP contribution in [0.5, 0.6) is 0 Å². The molecule has 0 saturated heterocycles. The molecule has 0 spiro atoms. The summed E-state index contributed by atoms with van der Waals surface area (Å²) in [5.41, 5.74) is 1.37. The van der Waals surface area contributed by atoms with E-state index in [1.165, 1.54) is 23.3 Å². The Labute approximate surface area is 113 Å². The third-order valence-electron chi connectivity index (χ3n) is 3.18. The van der Waals surface area contributed by atoms with Gasteiger partial charge in [-0.15, -0.1) is 11.3 Å². The third-order valence-corrected chi connectivity index (χ3v) is 5.64. The van der Waals surface area contributed by atoms with Crippen LogP contribution in [0.15, 0.2) is 11.4 Å². The molecular weight excluding hydrogens is 268 g/mol. The fourth-order valence-corrected chi connectivity index (χ4v) is 4.32. The maximum absolute atomic E-state index is 11.5. The van der Waals surface area contributed by atoms with Crippen LogP contribution in [0, 0.1) is 0 Å². The molecule has 1 heterocycles. The lowest BCUT2D eigenvalue weighted by Gasteiger charge is -2.23. The Bertz CT molecular complexity index is 482. The van der Waals surface area contributed by atoms with Crippen LogP contribution in [-0.2, 0) is 16.4 Å². The topological polar surface area (TPSA) is 58.2 Å². The molecular formula is C12H20N2O2S2. The van der Waals surface area contributed by atoms with Crippen molar-refractivity contribution in [3.63, 3.8) is 0 Å². The minimum absolute atomic E-state index is 0.150. The Hall–Kier alpha value is -0.430. The molecule has 0 amide bonds. The molecule has 0 bridgehead atoms. The van der Waals surface area contributed by atoms with Crippen molar-refractivity contribution in [1.29, 1.82) is 0 Å². The van der Waals surface area contributed by atoms with Gasteiger partial charge in [0, 0.05) is 24.0 Å². The molecule has 0 aromatic carbocycles. The Morgan fingerprint density at radius 1 is 1.50 bits per heavy atom. The molecule has 1 aromatic heterocycles. The Morgan fingerprint density at radius 3 is 3.11 bits per heavy atom. The van der Waals surface area contributed by atoms with Gasteiger partial charge < -0.3 is 5.32 Å². The van der Waals surface area contributed by atoms with E-state index in [1.54, 1.807) is 18.3 Å². The zero-order chi connectivity index (χ0) is 13.0. The summed E-state index contributed by atoms with van der Waals surface area (Å²) in [6.07, 6.45) is 3.46. The molecule has 18 heavy (non-hydrogen) atoms. The summed E-state index contributed by atoms with van der Waals surface area (Å²) in [6.45, 7) is 2.76. The van der Waals surface area contributed by atoms with Crippen LogP contribution in [0.1, 0.15) is 36.2 Å². The highest BCUT2D eigenvalue weighted by atomic mass is 32.2. The van der Waals surface area contributed by atoms with Gasteiger partial charge in [-0.25, -0.2) is 13.1 Å². The molecule has 2 N–H and O–H groups in total. The molecule has 1 aliphatic rings. The average Bonchev–Trinajstić information content (AvgIpc) is 2.77. The highest BCUT2D eigenvalue weighted by molar-refractivity contribution is 7.89. The summed E-state index contributed by atoms with van der Waals surface area (Å²) < 4.78 is 25.5. The average molecular weight is 288 g/mol. The summed E-state index contributed by atoms with van der Waals surface area (Å²) >= 11 is 1.81. The first-order valence-electron chi connectivity index (χ1n) is 6.39. The summed E-state index contributed by atoms with van der Waals surface area (Å²) in [4.78, 5) is 1.45. The molecule has 4 nitrogen and oxygen atoms in total. The smallest absolute Gasteiger partial charge is 0.212 e. The quantitative estimate of drug-likeness (QED) is 0.837. The van der Waals surface area contributed by atoms with E-state index in [0.29, 0.717) is 19.1 Å². The second-order valence-electron chi connectivity index (χ2n) is 4.51. The largest absolute Gasteiger partial charge is 0.309 e. The van der Waals surface area contributed by atoms with Crippen molar-refractivity contribution in [2.24, 2.45) is 0 Å². The number of thiophene rings is 1. The molecule has 0 fully saturated rings. The third kappa shape index (κ3) is 3.54. The Balaban J connectivity index is 1.86. The minimum Gasteiger partial charge on any atom is -0.309 e. The van der Waals surface area contributed by atoms with Gasteiger partial charge in [0.05, 0.1) is 5.75 Å². The van der Waals surface area contributed by atoms with Gasteiger partial charge in [0.15, 0.2) is 0 Å². The zero-order valence-corrected chi connectivity index (χ0v) is 12.2. The highest BCUT2D eigenvalue weighted by Crippen LogP contribution is 2.32. The molecule has 0 aliphatic heterocycles. The van der Waals surface area contributed by atoms with Crippen molar-refractivity contribution in [2.75, 3.05) is 18.8 Å². The van der Waals surface area contributed by atoms with Gasteiger partial charge in [0.25, 0.3) is 0 Å². The van der Waals surface area contributed by atoms with E-state index in [4.69, 9.17) is 0 Å². The number of aryl methyl sites for hydroxylation is 1. The van der Waals surface area contributed by atoms with Gasteiger partial charge >= 0.3 is 0 Å². The standard InChI is InChI=1S/C12H20N2O2S2/c1-2-14-18(15,16)9-7-13-11-4-3-5-12-10(11)6-8-17-12/h6,8,11,13-14H,2-5,7,9H2,1H3. The van der Waals surface area contributed by atoms with Crippen molar-refractivity contribution < 1.29 is 8.42 Å². The predicted molar refractivity (Wildman–Crippen MR) is 75.5 cm³/mol. The van der Waals surface area contributed by atoms with E-state index in [2.05, 4.69) is 21.5 Å².